The number of aliphatic hydroxyl groups is 2. The van der Waals surface area contributed by atoms with Crippen LogP contribution in [-0.4, -0.2) is 174 Å². The van der Waals surface area contributed by atoms with E-state index in [1.54, 1.807) is 56.8 Å². The zero-order valence-corrected chi connectivity index (χ0v) is 83.4. The highest BCUT2D eigenvalue weighted by Crippen LogP contribution is 2.45. The average molecular weight is 1900 g/mol. The number of aromatic nitrogens is 3. The molecule has 6 aliphatic carbocycles. The van der Waals surface area contributed by atoms with Gasteiger partial charge >= 0.3 is 24.4 Å². The number of benzene rings is 3. The van der Waals surface area contributed by atoms with Gasteiger partial charge in [-0.25, -0.2) is 51.0 Å². The second-order valence-electron chi connectivity index (χ2n) is 41.1. The molecule has 0 saturated heterocycles. The van der Waals surface area contributed by atoms with Crippen LogP contribution in [0, 0.1) is 0 Å². The van der Waals surface area contributed by atoms with E-state index in [0.717, 1.165) is 105 Å². The van der Waals surface area contributed by atoms with Crippen LogP contribution < -0.4 is 32.7 Å². The maximum Gasteiger partial charge on any atom is 0.407 e. The maximum absolute atomic E-state index is 13.5. The monoisotopic (exact) mass is 1900 g/mol. The third kappa shape index (κ3) is 34.6. The molecule has 6 fully saturated rings. The van der Waals surface area contributed by atoms with Crippen molar-refractivity contribution < 1.29 is 91.0 Å². The largest absolute Gasteiger partial charge is 0.444 e. The van der Waals surface area contributed by atoms with E-state index in [9.17, 15) is 49.5 Å². The lowest BCUT2D eigenvalue weighted by Gasteiger charge is -2.30. The number of carbonyl (C=O) groups excluding carboxylic acids is 4. The van der Waals surface area contributed by atoms with Crippen molar-refractivity contribution >= 4 is 134 Å². The lowest BCUT2D eigenvalue weighted by molar-refractivity contribution is 0.0454. The first-order valence-electron chi connectivity index (χ1n) is 44.1. The number of rotatable bonds is 12. The molecule has 0 spiro atoms. The molecule has 126 heavy (non-hydrogen) atoms. The highest BCUT2D eigenvalue weighted by Gasteiger charge is 2.41. The second-order valence-corrected chi connectivity index (χ2v) is 49.6. The average Bonchev–Trinajstić information content (AvgIpc) is 1.55. The van der Waals surface area contributed by atoms with Gasteiger partial charge in [0.05, 0.1) is 55.0 Å². The molecule has 0 aliphatic heterocycles. The van der Waals surface area contributed by atoms with E-state index < -0.39 is 74.9 Å². The first-order valence-corrected chi connectivity index (χ1v) is 51.0. The van der Waals surface area contributed by atoms with Crippen LogP contribution in [0.4, 0.5) is 19.2 Å². The third-order valence-corrected chi connectivity index (χ3v) is 29.4. The van der Waals surface area contributed by atoms with Crippen molar-refractivity contribution in [3.8, 4) is 0 Å². The second kappa shape index (κ2) is 44.5. The lowest BCUT2D eigenvalue weighted by atomic mass is 9.93. The minimum atomic E-state index is -3.74. The molecule has 3 aromatic heterocycles. The Morgan fingerprint density at radius 3 is 0.952 bits per heavy atom. The van der Waals surface area contributed by atoms with Crippen molar-refractivity contribution in [3.63, 3.8) is 0 Å². The number of aliphatic hydroxyl groups excluding tert-OH is 2. The van der Waals surface area contributed by atoms with Crippen LogP contribution in [0.5, 0.6) is 0 Å². The summed E-state index contributed by atoms with van der Waals surface area (Å²) in [5.41, 5.74) is 11.8. The minimum Gasteiger partial charge on any atom is -0.444 e. The molecule has 0 unspecified atom stereocenters. The first kappa shape index (κ1) is 107. The molecule has 3 heterocycles. The van der Waals surface area contributed by atoms with Gasteiger partial charge in [-0.15, -0.1) is 11.8 Å². The van der Waals surface area contributed by atoms with Crippen LogP contribution in [0.25, 0.3) is 33.3 Å². The normalized spacial score (nSPS) is 23.7. The van der Waals surface area contributed by atoms with Gasteiger partial charge in [-0.2, -0.15) is 8.42 Å². The van der Waals surface area contributed by atoms with Gasteiger partial charge in [0.25, 0.3) is 10.1 Å². The molecule has 6 saturated carbocycles. The predicted octanol–water partition coefficient (Wildman–Crippen LogP) is 19.8. The van der Waals surface area contributed by atoms with E-state index >= 15 is 0 Å². The summed E-state index contributed by atoms with van der Waals surface area (Å²) >= 11 is 20.9. The highest BCUT2D eigenvalue weighted by atomic mass is 35.5. The Kier molecular flexibility index (Phi) is 37.8. The standard InChI is InChI=1S/C22H31ClN2O5S.C22H31ClN2O3S.C17H23ClN2O3S.C12H23NO5S.C11H21NO3.C6H13NO/c1-21(2,3)19-25-16-12-11-15(23)18(17(16)29-19)31(27,28)14-9-7-13(8-10-14)24-20(26)30-22(4,5)6;1-21(2,3)19-25-16-12-11-15(23)18(17(16)27-19)29-14-9-7-13(8-10-14)24-20(26)28-22(4,5)6;1-17(2,3)16-20-13-9-8-12(18)15(14(13)23-16)24(21,22)11-6-4-10(19)5-7-11;1-12(2,3)17-11(14)13-9-5-7-10(8-6-9)18-19(4,15)16;1-11(2,3)15-10(14)12-8-4-6-9(13)7-5-8;7-5-1-3-6(8)4-2-5/h11-14H,7-10H2,1-6H3,(H,24,26);11-14H,7-10H2,1-6H3,(H,24,26);8-11H,4-7,19H2,1-3H3;9-10H,5-8H2,1-4H3,(H,13,14);8-9,13H,4-7H2,1-3H3,(H,12,14);5-6,8H,1-4,7H2. The highest BCUT2D eigenvalue weighted by molar-refractivity contribution is 8.00. The summed E-state index contributed by atoms with van der Waals surface area (Å²) in [5, 5.41) is 30.1. The fourth-order valence-corrected chi connectivity index (χ4v) is 22.1. The molecule has 12 rings (SSSR count). The summed E-state index contributed by atoms with van der Waals surface area (Å²) in [5.74, 6) is 1.69. The number of halogens is 3. The Morgan fingerprint density at radius 1 is 0.389 bits per heavy atom. The van der Waals surface area contributed by atoms with Gasteiger partial charge in [-0.05, 0) is 274 Å². The fourth-order valence-electron chi connectivity index (χ4n) is 14.9. The van der Waals surface area contributed by atoms with Crippen LogP contribution in [0.3, 0.4) is 0 Å². The zero-order valence-electron chi connectivity index (χ0n) is 77.9. The van der Waals surface area contributed by atoms with Crippen molar-refractivity contribution in [2.24, 2.45) is 11.5 Å². The molecule has 36 heteroatoms. The third-order valence-electron chi connectivity index (χ3n) is 21.4. The Hall–Kier alpha value is -5.98. The number of hydrogen-bond acceptors (Lipinski definition) is 26. The van der Waals surface area contributed by atoms with Gasteiger partial charge < -0.3 is 75.1 Å². The number of nitrogens with two attached hydrogens (primary N) is 2. The number of alkyl carbamates (subject to hydrolysis) is 4. The number of thioether (sulfide) groups is 1. The Morgan fingerprint density at radius 2 is 0.651 bits per heavy atom. The van der Waals surface area contributed by atoms with Crippen LogP contribution in [0.2, 0.25) is 15.1 Å². The first-order chi connectivity index (χ1) is 57.9. The molecule has 10 N–H and O–H groups in total. The minimum absolute atomic E-state index is 0.0122. The number of sulfone groups is 2. The molecule has 0 radical (unpaired) electrons. The summed E-state index contributed by atoms with van der Waals surface area (Å²) in [4.78, 5) is 61.6. The summed E-state index contributed by atoms with van der Waals surface area (Å²) in [7, 11) is -10.7. The van der Waals surface area contributed by atoms with Crippen molar-refractivity contribution in [2.45, 2.75) is 423 Å². The van der Waals surface area contributed by atoms with Crippen LogP contribution in [0.1, 0.15) is 317 Å². The molecule has 712 valence electrons. The fraction of sp³-hybridized carbons (Fsp3) is 0.722. The Labute approximate surface area is 766 Å². The SMILES string of the molecule is CC(C)(C)OC(=O)NC1CCC(O)CC1.CC(C)(C)OC(=O)NC1CCC(OS(C)(=O)=O)CC1.CC(C)(C)OC(=O)NC1CCC(S(=O)(=O)c2c(Cl)ccc3nc(C(C)(C)C)oc23)CC1.CC(C)(C)OC(=O)NC1CCC(Sc2c(Cl)ccc3nc(C(C)(C)C)oc23)CC1.CC(C)(C)c1nc2ccc(Cl)c(S(=O)(=O)C3CCC(N)CC3)c2o1.NC1CCC(O)CC1. The van der Waals surface area contributed by atoms with Crippen molar-refractivity contribution in [1.82, 2.24) is 36.2 Å². The van der Waals surface area contributed by atoms with Crippen molar-refractivity contribution in [3.05, 3.63) is 69.1 Å². The summed E-state index contributed by atoms with van der Waals surface area (Å²) in [6.45, 7) is 40.0. The van der Waals surface area contributed by atoms with Gasteiger partial charge in [-0.1, -0.05) is 97.1 Å². The molecular weight excluding hydrogens is 1760 g/mol. The van der Waals surface area contributed by atoms with E-state index in [-0.39, 0.29) is 108 Å². The van der Waals surface area contributed by atoms with Gasteiger partial charge in [0.1, 0.15) is 48.7 Å². The predicted molar refractivity (Wildman–Crippen MR) is 496 cm³/mol. The topological polar surface area (TPSA) is 436 Å². The number of fused-ring (bicyclic) bond motifs is 3. The smallest absolute Gasteiger partial charge is 0.407 e. The zero-order chi connectivity index (χ0) is 94.4. The lowest BCUT2D eigenvalue weighted by Crippen LogP contribution is -2.42. The van der Waals surface area contributed by atoms with Crippen LogP contribution in [-0.2, 0) is 69.2 Å². The number of nitrogens with zero attached hydrogens (tertiary/aromatic N) is 3. The van der Waals surface area contributed by atoms with Crippen LogP contribution >= 0.6 is 46.6 Å². The van der Waals surface area contributed by atoms with E-state index in [0.29, 0.717) is 116 Å². The van der Waals surface area contributed by atoms with E-state index in [4.69, 9.17) is 87.8 Å². The van der Waals surface area contributed by atoms with Crippen LogP contribution in [0.15, 0.2) is 64.3 Å². The molecule has 0 bridgehead atoms. The van der Waals surface area contributed by atoms with Gasteiger partial charge in [0, 0.05) is 57.7 Å². The van der Waals surface area contributed by atoms with E-state index in [2.05, 4.69) is 57.0 Å². The molecule has 6 aliphatic rings. The number of hydrogen-bond donors (Lipinski definition) is 8. The molecular formula is C90H142Cl3N9O20S4. The Balaban J connectivity index is 0.000000215. The Bertz CT molecular complexity index is 4920. The van der Waals surface area contributed by atoms with E-state index in [1.807, 2.05) is 116 Å². The van der Waals surface area contributed by atoms with E-state index in [1.165, 1.54) is 0 Å². The van der Waals surface area contributed by atoms with Gasteiger partial charge in [0.2, 0.25) is 17.7 Å². The summed E-state index contributed by atoms with van der Waals surface area (Å²) < 4.78 is 119. The molecule has 6 aromatic rings. The number of oxazole rings is 3. The van der Waals surface area contributed by atoms with Gasteiger partial charge in [-0.3, -0.25) is 4.18 Å². The molecule has 29 nitrogen and oxygen atoms in total. The molecule has 4 amide bonds. The number of amides is 4. The van der Waals surface area contributed by atoms with Gasteiger partial charge in [0.15, 0.2) is 36.4 Å². The van der Waals surface area contributed by atoms with Crippen molar-refractivity contribution in [2.75, 3.05) is 6.26 Å². The quantitative estimate of drug-likeness (QED) is 0.0417. The number of ether oxygens (including phenoxy) is 4. The van der Waals surface area contributed by atoms with Crippen molar-refractivity contribution in [1.29, 1.82) is 0 Å². The number of nitrogens with one attached hydrogen (secondary N) is 4. The molecule has 3 aromatic carbocycles. The molecule has 0 atom stereocenters. The summed E-state index contributed by atoms with van der Waals surface area (Å²) in [6.07, 6.45) is 16.8. The maximum atomic E-state index is 13.5. The summed E-state index contributed by atoms with van der Waals surface area (Å²) in [6, 6.07) is 11.0. The number of carbonyl (C=O) groups is 4.